The lowest BCUT2D eigenvalue weighted by molar-refractivity contribution is 0.0248. The molecule has 12 heteroatoms. The van der Waals surface area contributed by atoms with E-state index in [9.17, 15) is 4.79 Å². The highest BCUT2D eigenvalue weighted by atomic mass is 35.5. The van der Waals surface area contributed by atoms with Crippen molar-refractivity contribution in [3.8, 4) is 22.9 Å². The van der Waals surface area contributed by atoms with E-state index in [1.165, 1.54) is 19.4 Å². The quantitative estimate of drug-likeness (QED) is 0.259. The van der Waals surface area contributed by atoms with Gasteiger partial charge in [-0.05, 0) is 43.7 Å². The van der Waals surface area contributed by atoms with Crippen molar-refractivity contribution < 1.29 is 13.7 Å². The second kappa shape index (κ2) is 10.8. The van der Waals surface area contributed by atoms with E-state index in [1.807, 2.05) is 0 Å². The summed E-state index contributed by atoms with van der Waals surface area (Å²) in [4.78, 5) is 33.0. The van der Waals surface area contributed by atoms with Gasteiger partial charge in [0, 0.05) is 37.2 Å². The standard InChI is InChI=1S/C29H29ClFN7O3/c1-16-8-10-17(11-9-16)15-38-23-22(18-12-19(30)14-32-13-18)33-25(26-36-28(39)41-37-26)34-24(23)35-27(38)29(2,40-3)20-6-4-5-7-21(20)31/h4-7,12-14,16-17H,8-11,15H2,1-3H3,(H,36,37,39). The molecule has 0 saturated heterocycles. The van der Waals surface area contributed by atoms with Crippen LogP contribution in [-0.4, -0.2) is 41.8 Å². The van der Waals surface area contributed by atoms with Crippen LogP contribution in [0.2, 0.25) is 5.02 Å². The van der Waals surface area contributed by atoms with Crippen LogP contribution in [0.4, 0.5) is 4.39 Å². The van der Waals surface area contributed by atoms with E-state index < -0.39 is 17.2 Å². The van der Waals surface area contributed by atoms with Crippen LogP contribution in [0.3, 0.4) is 0 Å². The lowest BCUT2D eigenvalue weighted by Crippen LogP contribution is -2.32. The molecule has 1 N–H and O–H groups in total. The number of hydrogen-bond acceptors (Lipinski definition) is 8. The zero-order chi connectivity index (χ0) is 28.7. The molecule has 1 fully saturated rings. The summed E-state index contributed by atoms with van der Waals surface area (Å²) in [7, 11) is 1.54. The summed E-state index contributed by atoms with van der Waals surface area (Å²) in [6.45, 7) is 4.69. The number of fused-ring (bicyclic) bond motifs is 1. The van der Waals surface area contributed by atoms with Crippen molar-refractivity contribution in [2.24, 2.45) is 11.8 Å². The van der Waals surface area contributed by atoms with Crippen LogP contribution < -0.4 is 5.76 Å². The highest BCUT2D eigenvalue weighted by Gasteiger charge is 2.39. The van der Waals surface area contributed by atoms with Gasteiger partial charge in [0.1, 0.15) is 22.9 Å². The molecule has 10 nitrogen and oxygen atoms in total. The van der Waals surface area contributed by atoms with E-state index in [4.69, 9.17) is 30.8 Å². The Labute approximate surface area is 240 Å². The van der Waals surface area contributed by atoms with Crippen molar-refractivity contribution in [1.82, 2.24) is 34.6 Å². The number of benzene rings is 1. The molecule has 41 heavy (non-hydrogen) atoms. The Balaban J connectivity index is 1.66. The van der Waals surface area contributed by atoms with Crippen molar-refractivity contribution in [3.05, 3.63) is 75.5 Å². The zero-order valence-electron chi connectivity index (χ0n) is 22.9. The van der Waals surface area contributed by atoms with Crippen LogP contribution >= 0.6 is 11.6 Å². The first kappa shape index (κ1) is 27.2. The predicted molar refractivity (Wildman–Crippen MR) is 151 cm³/mol. The van der Waals surface area contributed by atoms with Crippen LogP contribution in [0.1, 0.15) is 50.9 Å². The highest BCUT2D eigenvalue weighted by Crippen LogP contribution is 2.40. The first-order valence-corrected chi connectivity index (χ1v) is 13.9. The van der Waals surface area contributed by atoms with Crippen molar-refractivity contribution in [1.29, 1.82) is 0 Å². The normalized spacial score (nSPS) is 19.0. The van der Waals surface area contributed by atoms with Crippen molar-refractivity contribution in [3.63, 3.8) is 0 Å². The van der Waals surface area contributed by atoms with Crippen molar-refractivity contribution >= 4 is 22.8 Å². The van der Waals surface area contributed by atoms with E-state index in [0.717, 1.165) is 25.7 Å². The number of imidazole rings is 1. The first-order valence-electron chi connectivity index (χ1n) is 13.5. The molecule has 0 aliphatic heterocycles. The number of pyridine rings is 1. The van der Waals surface area contributed by atoms with Crippen LogP contribution in [0.5, 0.6) is 0 Å². The molecule has 4 heterocycles. The van der Waals surface area contributed by atoms with Gasteiger partial charge in [-0.3, -0.25) is 14.5 Å². The molecular weight excluding hydrogens is 549 g/mol. The molecule has 1 unspecified atom stereocenters. The van der Waals surface area contributed by atoms with E-state index in [1.54, 1.807) is 37.4 Å². The maximum absolute atomic E-state index is 15.3. The predicted octanol–water partition coefficient (Wildman–Crippen LogP) is 5.76. The fourth-order valence-corrected chi connectivity index (χ4v) is 5.87. The largest absolute Gasteiger partial charge is 0.439 e. The van der Waals surface area contributed by atoms with E-state index in [-0.39, 0.29) is 11.6 Å². The smallest absolute Gasteiger partial charge is 0.366 e. The molecule has 1 atom stereocenters. The minimum atomic E-state index is -1.26. The Morgan fingerprint density at radius 1 is 1.17 bits per heavy atom. The molecule has 6 rings (SSSR count). The molecule has 212 valence electrons. The van der Waals surface area contributed by atoms with Crippen LogP contribution in [-0.2, 0) is 16.9 Å². The number of nitrogens with one attached hydrogen (secondary N) is 1. The van der Waals surface area contributed by atoms with Gasteiger partial charge in [0.2, 0.25) is 11.6 Å². The molecule has 5 aromatic rings. The molecule has 0 radical (unpaired) electrons. The Hall–Kier alpha value is -3.96. The van der Waals surface area contributed by atoms with Crippen LogP contribution in [0, 0.1) is 17.7 Å². The lowest BCUT2D eigenvalue weighted by Gasteiger charge is -2.32. The summed E-state index contributed by atoms with van der Waals surface area (Å²) in [6.07, 6.45) is 7.55. The number of H-pyrrole nitrogens is 1. The van der Waals surface area contributed by atoms with E-state index >= 15 is 4.39 Å². The van der Waals surface area contributed by atoms with Gasteiger partial charge >= 0.3 is 5.76 Å². The molecule has 0 spiro atoms. The topological polar surface area (TPSA) is 125 Å². The third kappa shape index (κ3) is 5.04. The summed E-state index contributed by atoms with van der Waals surface area (Å²) in [5, 5.41) is 4.20. The van der Waals surface area contributed by atoms with Crippen molar-refractivity contribution in [2.75, 3.05) is 7.11 Å². The minimum Gasteiger partial charge on any atom is -0.366 e. The van der Waals surface area contributed by atoms with Gasteiger partial charge in [-0.15, -0.1) is 0 Å². The Morgan fingerprint density at radius 2 is 1.95 bits per heavy atom. The minimum absolute atomic E-state index is 0.0501. The number of aromatic amines is 1. The molecule has 1 aliphatic rings. The highest BCUT2D eigenvalue weighted by molar-refractivity contribution is 6.30. The fraction of sp³-hybridized carbons (Fsp3) is 0.379. The maximum atomic E-state index is 15.3. The number of halogens is 2. The Kier molecular flexibility index (Phi) is 7.16. The van der Waals surface area contributed by atoms with Gasteiger partial charge in [0.25, 0.3) is 0 Å². The number of hydrogen-bond donors (Lipinski definition) is 1. The summed E-state index contributed by atoms with van der Waals surface area (Å²) < 4.78 is 28.1. The average molecular weight is 578 g/mol. The molecule has 0 bridgehead atoms. The van der Waals surface area contributed by atoms with Crippen molar-refractivity contribution in [2.45, 2.75) is 51.7 Å². The average Bonchev–Trinajstić information content (AvgIpc) is 3.57. The molecular formula is C29H29ClFN7O3. The molecule has 4 aromatic heterocycles. The Bertz CT molecular complexity index is 1780. The second-order valence-corrected chi connectivity index (χ2v) is 11.2. The third-order valence-electron chi connectivity index (χ3n) is 8.03. The summed E-state index contributed by atoms with van der Waals surface area (Å²) >= 11 is 6.35. The fourth-order valence-electron chi connectivity index (χ4n) is 5.69. The van der Waals surface area contributed by atoms with Crippen LogP contribution in [0.25, 0.3) is 34.1 Å². The number of nitrogens with zero attached hydrogens (tertiary/aromatic N) is 6. The summed E-state index contributed by atoms with van der Waals surface area (Å²) in [5.41, 5.74) is 1.13. The summed E-state index contributed by atoms with van der Waals surface area (Å²) in [6, 6.07) is 8.26. The number of ether oxygens (including phenoxy) is 1. The summed E-state index contributed by atoms with van der Waals surface area (Å²) in [5.74, 6) is 0.528. The van der Waals surface area contributed by atoms with Gasteiger partial charge in [-0.2, -0.15) is 0 Å². The Morgan fingerprint density at radius 3 is 2.63 bits per heavy atom. The van der Waals surface area contributed by atoms with Gasteiger partial charge < -0.3 is 9.30 Å². The number of rotatable bonds is 7. The zero-order valence-corrected chi connectivity index (χ0v) is 23.7. The van der Waals surface area contributed by atoms with E-state index in [0.29, 0.717) is 57.2 Å². The maximum Gasteiger partial charge on any atom is 0.439 e. The lowest BCUT2D eigenvalue weighted by atomic mass is 9.83. The third-order valence-corrected chi connectivity index (χ3v) is 8.24. The second-order valence-electron chi connectivity index (χ2n) is 10.8. The first-order chi connectivity index (χ1) is 19.8. The monoisotopic (exact) mass is 577 g/mol. The molecule has 1 saturated carbocycles. The van der Waals surface area contributed by atoms with Crippen LogP contribution in [0.15, 0.2) is 52.0 Å². The van der Waals surface area contributed by atoms with Gasteiger partial charge in [-0.25, -0.2) is 24.1 Å². The van der Waals surface area contributed by atoms with Gasteiger partial charge in [0.15, 0.2) is 11.2 Å². The molecule has 1 aliphatic carbocycles. The van der Waals surface area contributed by atoms with E-state index in [2.05, 4.69) is 31.6 Å². The molecule has 1 aromatic carbocycles. The van der Waals surface area contributed by atoms with Gasteiger partial charge in [0.05, 0.1) is 5.02 Å². The SMILES string of the molecule is COC(C)(c1ccccc1F)c1nc2nc(-c3noc(=O)[nH]3)nc(-c3cncc(Cl)c3)c2n1CC1CCC(C)CC1. The number of aromatic nitrogens is 7. The number of methoxy groups -OCH3 is 1. The van der Waals surface area contributed by atoms with Gasteiger partial charge in [-0.1, -0.05) is 54.7 Å². The molecule has 0 amide bonds.